The first-order valence-electron chi connectivity index (χ1n) is 5.64. The van der Waals surface area contributed by atoms with Gasteiger partial charge in [-0.25, -0.2) is 9.82 Å². The highest BCUT2D eigenvalue weighted by Crippen LogP contribution is 2.04. The first-order valence-corrected chi connectivity index (χ1v) is 5.64. The van der Waals surface area contributed by atoms with Crippen molar-refractivity contribution in [1.82, 2.24) is 5.43 Å². The molecule has 0 spiro atoms. The smallest absolute Gasteiger partial charge is 0.267 e. The predicted octanol–water partition coefficient (Wildman–Crippen LogP) is 2.98. The minimum absolute atomic E-state index is 0.326. The molecule has 1 N–H and O–H groups in total. The molecule has 1 atom stereocenters. The standard InChI is InChI=1S/C13H17FN2O/c1-4-9(2)10(3)15-16-13(17)11-5-7-12(14)8-6-11/h5-9H,4H2,1-3H3,(H,16,17)/b15-10-/t9-/m1/s1. The van der Waals surface area contributed by atoms with Crippen molar-refractivity contribution in [1.29, 1.82) is 0 Å². The van der Waals surface area contributed by atoms with Crippen molar-refractivity contribution in [2.45, 2.75) is 27.2 Å². The summed E-state index contributed by atoms with van der Waals surface area (Å²) in [5.74, 6) is -0.350. The number of nitrogens with one attached hydrogen (secondary N) is 1. The molecule has 0 radical (unpaired) electrons. The number of hydrazone groups is 1. The van der Waals surface area contributed by atoms with E-state index >= 15 is 0 Å². The zero-order valence-corrected chi connectivity index (χ0v) is 10.3. The molecule has 1 amide bonds. The van der Waals surface area contributed by atoms with Gasteiger partial charge in [-0.1, -0.05) is 13.8 Å². The Balaban J connectivity index is 2.64. The van der Waals surface area contributed by atoms with Gasteiger partial charge in [0.05, 0.1) is 0 Å². The summed E-state index contributed by atoms with van der Waals surface area (Å²) in [6.45, 7) is 5.98. The number of hydrogen-bond donors (Lipinski definition) is 1. The van der Waals surface area contributed by atoms with E-state index < -0.39 is 0 Å². The van der Waals surface area contributed by atoms with Crippen LogP contribution in [0.2, 0.25) is 0 Å². The summed E-state index contributed by atoms with van der Waals surface area (Å²) in [6, 6.07) is 5.36. The molecule has 17 heavy (non-hydrogen) atoms. The van der Waals surface area contributed by atoms with E-state index in [2.05, 4.69) is 17.5 Å². The quantitative estimate of drug-likeness (QED) is 0.633. The van der Waals surface area contributed by atoms with Crippen LogP contribution in [0.25, 0.3) is 0 Å². The lowest BCUT2D eigenvalue weighted by molar-refractivity contribution is 0.0954. The number of benzene rings is 1. The average molecular weight is 236 g/mol. The van der Waals surface area contributed by atoms with Crippen LogP contribution in [-0.4, -0.2) is 11.6 Å². The molecule has 0 aliphatic heterocycles. The molecule has 4 heteroatoms. The number of hydrogen-bond acceptors (Lipinski definition) is 2. The molecule has 0 fully saturated rings. The molecule has 0 aliphatic rings. The molecule has 1 aromatic rings. The highest BCUT2D eigenvalue weighted by atomic mass is 19.1. The lowest BCUT2D eigenvalue weighted by Gasteiger charge is -2.07. The fourth-order valence-corrected chi connectivity index (χ4v) is 1.21. The molecule has 0 saturated carbocycles. The first kappa shape index (κ1) is 13.4. The maximum absolute atomic E-state index is 12.7. The molecule has 0 bridgehead atoms. The summed E-state index contributed by atoms with van der Waals surface area (Å²) in [6.07, 6.45) is 0.974. The summed E-state index contributed by atoms with van der Waals surface area (Å²) in [5.41, 5.74) is 3.73. The number of carbonyl (C=O) groups excluding carboxylic acids is 1. The summed E-state index contributed by atoms with van der Waals surface area (Å²) in [4.78, 5) is 11.6. The zero-order chi connectivity index (χ0) is 12.8. The topological polar surface area (TPSA) is 41.5 Å². The molecular formula is C13H17FN2O. The number of rotatable bonds is 4. The fraction of sp³-hybridized carbons (Fsp3) is 0.385. The van der Waals surface area contributed by atoms with Gasteiger partial charge in [-0.3, -0.25) is 4.79 Å². The van der Waals surface area contributed by atoms with Gasteiger partial charge < -0.3 is 0 Å². The minimum atomic E-state index is -0.360. The molecule has 0 aliphatic carbocycles. The van der Waals surface area contributed by atoms with Gasteiger partial charge >= 0.3 is 0 Å². The van der Waals surface area contributed by atoms with Gasteiger partial charge in [0.25, 0.3) is 5.91 Å². The maximum Gasteiger partial charge on any atom is 0.271 e. The van der Waals surface area contributed by atoms with E-state index in [9.17, 15) is 9.18 Å². The van der Waals surface area contributed by atoms with Gasteiger partial charge in [0, 0.05) is 11.3 Å². The Morgan fingerprint density at radius 2 is 2.00 bits per heavy atom. The van der Waals surface area contributed by atoms with E-state index in [0.717, 1.165) is 12.1 Å². The summed E-state index contributed by atoms with van der Waals surface area (Å²) in [7, 11) is 0. The second kappa shape index (κ2) is 6.13. The van der Waals surface area contributed by atoms with Crippen LogP contribution in [0.1, 0.15) is 37.6 Å². The van der Waals surface area contributed by atoms with Crippen molar-refractivity contribution in [3.8, 4) is 0 Å². The average Bonchev–Trinajstić information content (AvgIpc) is 2.35. The fourth-order valence-electron chi connectivity index (χ4n) is 1.21. The Labute approximate surface area is 101 Å². The van der Waals surface area contributed by atoms with Crippen molar-refractivity contribution < 1.29 is 9.18 Å². The van der Waals surface area contributed by atoms with E-state index in [1.165, 1.54) is 24.3 Å². The number of nitrogens with zero attached hydrogens (tertiary/aromatic N) is 1. The molecule has 1 aromatic carbocycles. The molecule has 92 valence electrons. The van der Waals surface area contributed by atoms with Crippen molar-refractivity contribution in [2.24, 2.45) is 11.0 Å². The lowest BCUT2D eigenvalue weighted by atomic mass is 10.1. The lowest BCUT2D eigenvalue weighted by Crippen LogP contribution is -2.20. The second-order valence-electron chi connectivity index (χ2n) is 4.01. The Morgan fingerprint density at radius 1 is 1.41 bits per heavy atom. The van der Waals surface area contributed by atoms with Crippen molar-refractivity contribution >= 4 is 11.6 Å². The molecule has 1 rings (SSSR count). The van der Waals surface area contributed by atoms with E-state index in [-0.39, 0.29) is 11.7 Å². The van der Waals surface area contributed by atoms with Crippen LogP contribution in [0.3, 0.4) is 0 Å². The monoisotopic (exact) mass is 236 g/mol. The van der Waals surface area contributed by atoms with Crippen LogP contribution in [0.4, 0.5) is 4.39 Å². The Kier molecular flexibility index (Phi) is 4.82. The Bertz CT molecular complexity index is 412. The van der Waals surface area contributed by atoms with E-state index in [1.807, 2.05) is 13.8 Å². The van der Waals surface area contributed by atoms with Gasteiger partial charge in [0.15, 0.2) is 0 Å². The van der Waals surface area contributed by atoms with Crippen molar-refractivity contribution in [3.63, 3.8) is 0 Å². The van der Waals surface area contributed by atoms with Crippen LogP contribution < -0.4 is 5.43 Å². The highest BCUT2D eigenvalue weighted by Gasteiger charge is 2.06. The third-order valence-electron chi connectivity index (χ3n) is 2.77. The van der Waals surface area contributed by atoms with Crippen LogP contribution in [-0.2, 0) is 0 Å². The molecule has 0 saturated heterocycles. The SMILES string of the molecule is CC[C@@H](C)/C(C)=N\NC(=O)c1ccc(F)cc1. The number of carbonyl (C=O) groups is 1. The number of amides is 1. The summed E-state index contributed by atoms with van der Waals surface area (Å²) in [5, 5.41) is 4.02. The molecule has 3 nitrogen and oxygen atoms in total. The molecule has 0 unspecified atom stereocenters. The molecular weight excluding hydrogens is 219 g/mol. The van der Waals surface area contributed by atoms with Gasteiger partial charge in [0.1, 0.15) is 5.82 Å². The van der Waals surface area contributed by atoms with Gasteiger partial charge in [0.2, 0.25) is 0 Å². The van der Waals surface area contributed by atoms with Gasteiger partial charge in [-0.15, -0.1) is 0 Å². The minimum Gasteiger partial charge on any atom is -0.267 e. The van der Waals surface area contributed by atoms with Crippen LogP contribution in [0.5, 0.6) is 0 Å². The zero-order valence-electron chi connectivity index (χ0n) is 10.3. The van der Waals surface area contributed by atoms with Crippen molar-refractivity contribution in [3.05, 3.63) is 35.6 Å². The van der Waals surface area contributed by atoms with Crippen LogP contribution in [0, 0.1) is 11.7 Å². The summed E-state index contributed by atoms with van der Waals surface area (Å²) < 4.78 is 12.7. The number of halogens is 1. The summed E-state index contributed by atoms with van der Waals surface area (Å²) >= 11 is 0. The highest BCUT2D eigenvalue weighted by molar-refractivity contribution is 5.95. The first-order chi connectivity index (χ1) is 8.04. The second-order valence-corrected chi connectivity index (χ2v) is 4.01. The third kappa shape index (κ3) is 3.98. The van der Waals surface area contributed by atoms with Crippen LogP contribution >= 0.6 is 0 Å². The van der Waals surface area contributed by atoms with Gasteiger partial charge in [-0.05, 0) is 43.5 Å². The molecule has 0 aromatic heterocycles. The van der Waals surface area contributed by atoms with E-state index in [0.29, 0.717) is 11.5 Å². The largest absolute Gasteiger partial charge is 0.271 e. The van der Waals surface area contributed by atoms with E-state index in [4.69, 9.17) is 0 Å². The third-order valence-corrected chi connectivity index (χ3v) is 2.77. The van der Waals surface area contributed by atoms with Crippen LogP contribution in [0.15, 0.2) is 29.4 Å². The Hall–Kier alpha value is -1.71. The van der Waals surface area contributed by atoms with Crippen molar-refractivity contribution in [2.75, 3.05) is 0 Å². The maximum atomic E-state index is 12.7. The van der Waals surface area contributed by atoms with E-state index in [1.54, 1.807) is 0 Å². The normalized spacial score (nSPS) is 13.3. The predicted molar refractivity (Wildman–Crippen MR) is 66.4 cm³/mol. The van der Waals surface area contributed by atoms with Gasteiger partial charge in [-0.2, -0.15) is 5.10 Å². The Morgan fingerprint density at radius 3 is 2.53 bits per heavy atom. The molecule has 0 heterocycles.